The Kier molecular flexibility index (Phi) is 6.59. The van der Waals surface area contributed by atoms with Crippen molar-refractivity contribution in [3.8, 4) is 0 Å². The van der Waals surface area contributed by atoms with Crippen LogP contribution in [0.15, 0.2) is 23.4 Å². The molecule has 0 saturated heterocycles. The Morgan fingerprint density at radius 3 is 2.34 bits per heavy atom. The number of hydrogen-bond acceptors (Lipinski definition) is 5. The largest absolute Gasteiger partial charge is 0.394 e. The summed E-state index contributed by atoms with van der Waals surface area (Å²) in [5.41, 5.74) is 5.58. The molecule has 2 amide bonds. The number of carbonyl (C=O) groups excluding carboxylic acids is 1. The zero-order chi connectivity index (χ0) is 21.0. The van der Waals surface area contributed by atoms with Crippen LogP contribution in [0.1, 0.15) is 48.9 Å². The number of aryl methyl sites for hydroxylation is 2. The molecule has 29 heavy (non-hydrogen) atoms. The molecular weight excluding hydrogens is 392 g/mol. The van der Waals surface area contributed by atoms with Gasteiger partial charge in [0, 0.05) is 11.9 Å². The van der Waals surface area contributed by atoms with Gasteiger partial charge in [-0.1, -0.05) is 19.9 Å². The van der Waals surface area contributed by atoms with Gasteiger partial charge in [0.05, 0.1) is 13.2 Å². The van der Waals surface area contributed by atoms with E-state index < -0.39 is 16.1 Å². The van der Waals surface area contributed by atoms with E-state index in [9.17, 15) is 13.2 Å². The number of carbonyl (C=O) groups is 1. The van der Waals surface area contributed by atoms with Gasteiger partial charge in [-0.05, 0) is 66.8 Å². The number of aliphatic hydroxyl groups is 1. The Morgan fingerprint density at radius 1 is 1.14 bits per heavy atom. The van der Waals surface area contributed by atoms with E-state index in [-0.39, 0.29) is 18.2 Å². The van der Waals surface area contributed by atoms with Crippen LogP contribution >= 0.6 is 0 Å². The van der Waals surface area contributed by atoms with Gasteiger partial charge in [-0.3, -0.25) is 4.68 Å². The molecule has 4 rings (SSSR count). The van der Waals surface area contributed by atoms with Crippen LogP contribution in [0.25, 0.3) is 0 Å². The predicted octanol–water partition coefficient (Wildman–Crippen LogP) is 2.39. The number of amides is 2. The number of nitrogens with zero attached hydrogens (tertiary/aromatic N) is 2. The van der Waals surface area contributed by atoms with E-state index in [1.807, 2.05) is 18.6 Å². The van der Waals surface area contributed by atoms with Crippen LogP contribution in [0.4, 0.5) is 10.5 Å². The molecule has 0 spiro atoms. The third-order valence-corrected chi connectivity index (χ3v) is 6.38. The van der Waals surface area contributed by atoms with Crippen molar-refractivity contribution >= 4 is 21.7 Å². The first-order valence-corrected chi connectivity index (χ1v) is 11.6. The van der Waals surface area contributed by atoms with Crippen molar-refractivity contribution in [1.29, 1.82) is 0 Å². The molecular formula is C20H28N4O4S. The van der Waals surface area contributed by atoms with Crippen LogP contribution in [0.5, 0.6) is 0 Å². The third kappa shape index (κ3) is 4.45. The predicted molar refractivity (Wildman–Crippen MR) is 110 cm³/mol. The Labute approximate surface area is 171 Å². The summed E-state index contributed by atoms with van der Waals surface area (Å²) in [7, 11) is -4.08. The summed E-state index contributed by atoms with van der Waals surface area (Å²) < 4.78 is 28.2. The highest BCUT2D eigenvalue weighted by Crippen LogP contribution is 2.38. The maximum atomic E-state index is 12.5. The first-order chi connectivity index (χ1) is 14.0. The van der Waals surface area contributed by atoms with Gasteiger partial charge in [-0.15, -0.1) is 0 Å². The van der Waals surface area contributed by atoms with Crippen molar-refractivity contribution in [3.05, 3.63) is 40.6 Å². The van der Waals surface area contributed by atoms with E-state index in [2.05, 4.69) is 16.5 Å². The van der Waals surface area contributed by atoms with Gasteiger partial charge in [0.1, 0.15) is 0 Å². The highest BCUT2D eigenvalue weighted by Gasteiger charge is 2.27. The summed E-state index contributed by atoms with van der Waals surface area (Å²) in [6, 6.07) is 2.77. The van der Waals surface area contributed by atoms with Crippen LogP contribution in [-0.2, 0) is 42.3 Å². The zero-order valence-electron chi connectivity index (χ0n) is 16.9. The van der Waals surface area contributed by atoms with E-state index >= 15 is 0 Å². The van der Waals surface area contributed by atoms with Crippen LogP contribution in [0.2, 0.25) is 0 Å². The molecule has 0 atom stereocenters. The summed E-state index contributed by atoms with van der Waals surface area (Å²) in [5.74, 6) is 0. The van der Waals surface area contributed by atoms with E-state index in [1.54, 1.807) is 0 Å². The number of anilines is 1. The molecule has 1 aromatic carbocycles. The summed E-state index contributed by atoms with van der Waals surface area (Å²) in [5, 5.41) is 15.3. The molecule has 0 saturated carbocycles. The molecule has 0 aliphatic heterocycles. The monoisotopic (exact) mass is 420 g/mol. The second-order valence-corrected chi connectivity index (χ2v) is 8.56. The number of nitrogens with one attached hydrogen (secondary N) is 2. The van der Waals surface area contributed by atoms with Crippen LogP contribution in [0, 0.1) is 0 Å². The number of aromatic nitrogens is 2. The molecule has 0 radical (unpaired) electrons. The number of aliphatic hydroxyl groups excluding tert-OH is 1. The Bertz CT molecular complexity index is 966. The molecule has 0 unspecified atom stereocenters. The van der Waals surface area contributed by atoms with Crippen molar-refractivity contribution < 1.29 is 18.3 Å². The van der Waals surface area contributed by atoms with Gasteiger partial charge in [-0.25, -0.2) is 9.52 Å². The molecule has 0 fully saturated rings. The second-order valence-electron chi connectivity index (χ2n) is 6.93. The standard InChI is InChI=1S/C18H22N4O4S.C2H6/c23-10-9-22-8-7-16(20-22)27(25,26)21-18(24)19-17-14-5-1-3-12(14)11-13-4-2-6-15(13)17;1-2/h7-8,11,23H,1-6,9-10H2,(H2,19,21,24);1-2H3. The van der Waals surface area contributed by atoms with Crippen molar-refractivity contribution in [3.63, 3.8) is 0 Å². The molecule has 2 aromatic rings. The van der Waals surface area contributed by atoms with Crippen LogP contribution in [0.3, 0.4) is 0 Å². The second kappa shape index (κ2) is 8.96. The van der Waals surface area contributed by atoms with Crippen molar-refractivity contribution in [2.45, 2.75) is 63.9 Å². The Morgan fingerprint density at radius 2 is 1.76 bits per heavy atom. The number of rotatable bonds is 5. The fourth-order valence-electron chi connectivity index (χ4n) is 3.99. The summed E-state index contributed by atoms with van der Waals surface area (Å²) in [6.45, 7) is 4.03. The maximum absolute atomic E-state index is 12.5. The van der Waals surface area contributed by atoms with Gasteiger partial charge in [0.25, 0.3) is 10.0 Å². The summed E-state index contributed by atoms with van der Waals surface area (Å²) in [6.07, 6.45) is 7.34. The van der Waals surface area contributed by atoms with Gasteiger partial charge in [0.2, 0.25) is 0 Å². The maximum Gasteiger partial charge on any atom is 0.333 e. The average molecular weight is 421 g/mol. The summed E-state index contributed by atoms with van der Waals surface area (Å²) >= 11 is 0. The lowest BCUT2D eigenvalue weighted by Gasteiger charge is -2.16. The summed E-state index contributed by atoms with van der Waals surface area (Å²) in [4.78, 5) is 12.5. The number of hydrogen-bond donors (Lipinski definition) is 3. The van der Waals surface area contributed by atoms with Crippen LogP contribution in [-0.4, -0.2) is 35.9 Å². The molecule has 1 aromatic heterocycles. The highest BCUT2D eigenvalue weighted by molar-refractivity contribution is 7.90. The SMILES string of the molecule is CC.O=C(Nc1c2c(cc3c1CCC3)CCC2)NS(=O)(=O)c1ccn(CCO)n1. The quantitative estimate of drug-likeness (QED) is 0.687. The van der Waals surface area contributed by atoms with Gasteiger partial charge < -0.3 is 10.4 Å². The Balaban J connectivity index is 0.00000117. The van der Waals surface area contributed by atoms with Crippen molar-refractivity contribution in [1.82, 2.24) is 14.5 Å². The lowest BCUT2D eigenvalue weighted by atomic mass is 9.99. The lowest BCUT2D eigenvalue weighted by Crippen LogP contribution is -2.35. The van der Waals surface area contributed by atoms with Crippen molar-refractivity contribution in [2.75, 3.05) is 11.9 Å². The molecule has 2 aliphatic carbocycles. The molecule has 0 bridgehead atoms. The van der Waals surface area contributed by atoms with E-state index in [1.165, 1.54) is 28.1 Å². The Hall–Kier alpha value is -2.39. The molecule has 158 valence electrons. The van der Waals surface area contributed by atoms with Crippen molar-refractivity contribution in [2.24, 2.45) is 0 Å². The first kappa shape index (κ1) is 21.3. The smallest absolute Gasteiger partial charge is 0.333 e. The minimum Gasteiger partial charge on any atom is -0.394 e. The molecule has 1 heterocycles. The molecule has 2 aliphatic rings. The normalized spacial score (nSPS) is 14.6. The fourth-order valence-corrected chi connectivity index (χ4v) is 4.85. The molecule has 9 heteroatoms. The fraction of sp³-hybridized carbons (Fsp3) is 0.500. The minimum absolute atomic E-state index is 0.153. The van der Waals surface area contributed by atoms with Crippen LogP contribution < -0.4 is 10.0 Å². The topological polar surface area (TPSA) is 113 Å². The molecule has 8 nitrogen and oxygen atoms in total. The first-order valence-electron chi connectivity index (χ1n) is 10.1. The highest BCUT2D eigenvalue weighted by atomic mass is 32.2. The van der Waals surface area contributed by atoms with Gasteiger partial charge >= 0.3 is 6.03 Å². The van der Waals surface area contributed by atoms with E-state index in [0.29, 0.717) is 0 Å². The van der Waals surface area contributed by atoms with Gasteiger partial charge in [-0.2, -0.15) is 13.5 Å². The average Bonchev–Trinajstić information content (AvgIpc) is 3.43. The minimum atomic E-state index is -4.08. The van der Waals surface area contributed by atoms with E-state index in [4.69, 9.17) is 5.11 Å². The number of fused-ring (bicyclic) bond motifs is 2. The third-order valence-electron chi connectivity index (χ3n) is 5.16. The van der Waals surface area contributed by atoms with E-state index in [0.717, 1.165) is 55.3 Å². The number of sulfonamides is 1. The zero-order valence-corrected chi connectivity index (χ0v) is 17.7. The van der Waals surface area contributed by atoms with Gasteiger partial charge in [0.15, 0.2) is 5.03 Å². The molecule has 3 N–H and O–H groups in total. The number of benzene rings is 1. The lowest BCUT2D eigenvalue weighted by molar-refractivity contribution is 0.256. The number of urea groups is 1.